The molecule has 0 spiro atoms. The van der Waals surface area contributed by atoms with Gasteiger partial charge in [0, 0.05) is 28.3 Å². The fourth-order valence-electron chi connectivity index (χ4n) is 15.8. The zero-order valence-corrected chi connectivity index (χ0v) is 59.1. The van der Waals surface area contributed by atoms with Gasteiger partial charge in [-0.3, -0.25) is 18.6 Å². The summed E-state index contributed by atoms with van der Waals surface area (Å²) in [7, 11) is -5.56. The fourth-order valence-corrected chi connectivity index (χ4v) is 20.5. The predicted molar refractivity (Wildman–Crippen MR) is 345 cm³/mol. The van der Waals surface area contributed by atoms with Gasteiger partial charge in [0.1, 0.15) is 36.1 Å². The number of hydrogen-bond acceptors (Lipinski definition) is 19. The van der Waals surface area contributed by atoms with Gasteiger partial charge in [-0.25, -0.2) is 18.0 Å². The van der Waals surface area contributed by atoms with Crippen LogP contribution in [0.15, 0.2) is 29.2 Å². The molecule has 13 rings (SSSR count). The third-order valence-electron chi connectivity index (χ3n) is 21.7. The summed E-state index contributed by atoms with van der Waals surface area (Å²) < 4.78 is 102. The molecule has 516 valence electrons. The summed E-state index contributed by atoms with van der Waals surface area (Å²) in [6.07, 6.45) is 20.5. The van der Waals surface area contributed by atoms with Gasteiger partial charge in [0.2, 0.25) is 0 Å². The topological polar surface area (TPSA) is 260 Å². The van der Waals surface area contributed by atoms with Crippen molar-refractivity contribution >= 4 is 61.0 Å². The van der Waals surface area contributed by atoms with Crippen LogP contribution in [-0.2, 0) is 92.4 Å². The molecule has 91 heavy (non-hydrogen) atoms. The molecule has 2 heterocycles. The summed E-state index contributed by atoms with van der Waals surface area (Å²) in [5.74, 6) is 7.72. The van der Waals surface area contributed by atoms with Crippen LogP contribution in [0.3, 0.4) is 0 Å². The van der Waals surface area contributed by atoms with Crippen molar-refractivity contribution in [2.45, 2.75) is 233 Å². The number of methoxy groups -OCH3 is 1. The van der Waals surface area contributed by atoms with E-state index in [0.717, 1.165) is 47.7 Å². The second-order valence-corrected chi connectivity index (χ2v) is 35.3. The van der Waals surface area contributed by atoms with E-state index in [-0.39, 0.29) is 44.0 Å². The van der Waals surface area contributed by atoms with Crippen molar-refractivity contribution < 1.29 is 87.4 Å². The molecule has 0 aromatic heterocycles. The monoisotopic (exact) mass is 1340 g/mol. The van der Waals surface area contributed by atoms with Crippen LogP contribution in [0.5, 0.6) is 5.75 Å². The molecule has 12 fully saturated rings. The zero-order valence-electron chi connectivity index (χ0n) is 56.7. The van der Waals surface area contributed by atoms with Crippen molar-refractivity contribution in [3.63, 3.8) is 0 Å². The Morgan fingerprint density at radius 3 is 1.48 bits per heavy atom. The van der Waals surface area contributed by atoms with Crippen LogP contribution < -0.4 is 4.74 Å². The third-order valence-corrected chi connectivity index (χ3v) is 26.6. The molecule has 5 atom stereocenters. The number of aryl methyl sites for hydroxylation is 2. The maximum atomic E-state index is 11.9. The second kappa shape index (κ2) is 31.8. The molecular formula is C69H108O19S3. The van der Waals surface area contributed by atoms with Crippen molar-refractivity contribution in [2.24, 2.45) is 75.4 Å². The fraction of sp³-hybridized carbons (Fsp3) is 0.812. The van der Waals surface area contributed by atoms with Gasteiger partial charge in [-0.2, -0.15) is 8.42 Å². The van der Waals surface area contributed by atoms with Gasteiger partial charge in [0.25, 0.3) is 10.1 Å². The maximum Gasteiger partial charge on any atom is 0.344 e. The summed E-state index contributed by atoms with van der Waals surface area (Å²) >= 11 is 0. The van der Waals surface area contributed by atoms with Crippen LogP contribution in [0.1, 0.15) is 196 Å². The molecule has 2 aliphatic heterocycles. The van der Waals surface area contributed by atoms with Crippen molar-refractivity contribution in [2.75, 3.05) is 51.2 Å². The first-order chi connectivity index (χ1) is 42.7. The molecule has 10 bridgehead atoms. The van der Waals surface area contributed by atoms with Crippen molar-refractivity contribution in [3.05, 3.63) is 35.4 Å². The van der Waals surface area contributed by atoms with Crippen LogP contribution in [0.2, 0.25) is 0 Å². The normalized spacial score (nSPS) is 31.0. The van der Waals surface area contributed by atoms with Gasteiger partial charge in [0.05, 0.1) is 56.7 Å². The van der Waals surface area contributed by atoms with Crippen molar-refractivity contribution in [1.29, 1.82) is 0 Å². The van der Waals surface area contributed by atoms with E-state index in [0.29, 0.717) is 66.2 Å². The van der Waals surface area contributed by atoms with E-state index in [1.807, 2.05) is 34.6 Å². The lowest BCUT2D eigenvalue weighted by atomic mass is 9.55. The quantitative estimate of drug-likeness (QED) is 0.0211. The molecular weight excluding hydrogens is 1230 g/mol. The molecule has 1 aromatic rings. The average molecular weight is 1340 g/mol. The highest BCUT2D eigenvalue weighted by molar-refractivity contribution is 7.97. The first-order valence-corrected chi connectivity index (χ1v) is 38.3. The largest absolute Gasteiger partial charge is 0.748 e. The number of rotatable bonds is 21. The van der Waals surface area contributed by atoms with E-state index >= 15 is 0 Å². The lowest BCUT2D eigenvalue weighted by Gasteiger charge is -2.53. The minimum absolute atomic E-state index is 0.0130. The first kappa shape index (κ1) is 74.6. The molecule has 22 heteroatoms. The Kier molecular flexibility index (Phi) is 26.1. The summed E-state index contributed by atoms with van der Waals surface area (Å²) in [6, 6.07) is 4.67. The lowest BCUT2D eigenvalue weighted by Crippen LogP contribution is -2.49. The summed E-state index contributed by atoms with van der Waals surface area (Å²) in [4.78, 5) is 59.8. The summed E-state index contributed by atoms with van der Waals surface area (Å²) in [6.45, 7) is 25.4. The molecule has 10 aliphatic carbocycles. The van der Waals surface area contributed by atoms with E-state index in [2.05, 4.69) is 37.3 Å². The van der Waals surface area contributed by atoms with Crippen molar-refractivity contribution in [3.8, 4) is 5.75 Å². The molecule has 5 unspecified atom stereocenters. The second-order valence-electron chi connectivity index (χ2n) is 29.7. The molecule has 19 nitrogen and oxygen atoms in total. The molecule has 2 saturated heterocycles. The number of hydrogen-bond donors (Lipinski definition) is 0. The van der Waals surface area contributed by atoms with Gasteiger partial charge in [0.15, 0.2) is 25.1 Å². The first-order valence-electron chi connectivity index (χ1n) is 33.6. The minimum atomic E-state index is -4.30. The molecule has 0 amide bonds. The average Bonchev–Trinajstić information content (AvgIpc) is 1.58. The number of benzene rings is 1. The SMILES string of the molecule is C=C(C)C(=O)OCOC1C2CC3CC(C2)CC1C3.CCC(C)(C)C(=O)OCC(=O)OC1C2CC3C1OS(=O)(=O)C3C2.CCC(C)(C)C(=O)OCCS(=O)(=O)[O-].CCC(C)(C)C(=O)OCOC1C2CC3CC(C2)CC1C3.COc1c(C)cc([S+]2CCCCC2)cc1C. The van der Waals surface area contributed by atoms with Gasteiger partial charge in [-0.1, -0.05) is 27.4 Å². The van der Waals surface area contributed by atoms with E-state index in [1.165, 1.54) is 106 Å². The van der Waals surface area contributed by atoms with E-state index in [1.54, 1.807) is 46.6 Å². The maximum absolute atomic E-state index is 11.9. The Labute approximate surface area is 546 Å². The number of fused-ring (bicyclic) bond motifs is 1. The third kappa shape index (κ3) is 19.7. The van der Waals surface area contributed by atoms with Crippen molar-refractivity contribution in [1.82, 2.24) is 0 Å². The molecule has 0 radical (unpaired) electrons. The summed E-state index contributed by atoms with van der Waals surface area (Å²) in [5.41, 5.74) is 1.33. The summed E-state index contributed by atoms with van der Waals surface area (Å²) in [5, 5.41) is -0.448. The predicted octanol–water partition coefficient (Wildman–Crippen LogP) is 11.7. The van der Waals surface area contributed by atoms with Gasteiger partial charge in [-0.15, -0.1) is 0 Å². The van der Waals surface area contributed by atoms with Crippen LogP contribution in [0, 0.1) is 89.3 Å². The van der Waals surface area contributed by atoms with Gasteiger partial charge < -0.3 is 42.4 Å². The Morgan fingerprint density at radius 1 is 0.626 bits per heavy atom. The Hall–Kier alpha value is -3.80. The number of ether oxygens (including phenoxy) is 8. The molecule has 10 saturated carbocycles. The number of carbonyl (C=O) groups excluding carboxylic acids is 5. The van der Waals surface area contributed by atoms with E-state index in [4.69, 9.17) is 37.3 Å². The highest BCUT2D eigenvalue weighted by Gasteiger charge is 2.65. The Balaban J connectivity index is 0.000000163. The van der Waals surface area contributed by atoms with E-state index in [9.17, 15) is 45.4 Å². The Morgan fingerprint density at radius 2 is 1.05 bits per heavy atom. The number of esters is 5. The highest BCUT2D eigenvalue weighted by atomic mass is 32.2. The minimum Gasteiger partial charge on any atom is -0.748 e. The lowest BCUT2D eigenvalue weighted by molar-refractivity contribution is -0.193. The number of carbonyl (C=O) groups is 5. The van der Waals surface area contributed by atoms with Crippen LogP contribution >= 0.6 is 0 Å². The molecule has 1 aromatic carbocycles. The van der Waals surface area contributed by atoms with Crippen LogP contribution in [-0.4, -0.2) is 132 Å². The Bertz CT molecular complexity index is 2830. The van der Waals surface area contributed by atoms with Gasteiger partial charge >= 0.3 is 29.8 Å². The van der Waals surface area contributed by atoms with Crippen LogP contribution in [0.4, 0.5) is 0 Å². The standard InChI is InChI=1S/C17H28O3.C15H22O7S.C15H22O3.C14H21OS.C8H16O5S/c1-4-17(2,3)16(18)20-10-19-15-13-6-11-5-12(8-13)9-14(15)7-11;1-4-15(2,3)14(17)20-7-11(16)21-12-8-5-9-10(6-8)23(18,19)22-13(9)12;1-9(2)15(16)18-8-17-14-12-4-10-3-11(6-12)7-13(14)5-10;1-11-9-13(10-12(2)14(11)15-3)16-7-5-4-6-8-16;1-4-8(2,3)7(9)13-5-6-14(10,11)12/h11-15H,4-10H2,1-3H3;8-10,12-13H,4-7H2,1-3H3;10-14H,1,3-8H2,2H3;9-10H,4-8H2,1-3H3;4-6H2,1-3H3,(H,10,11,12)/q;;;+1;/p-1. The molecule has 12 aliphatic rings. The zero-order chi connectivity index (χ0) is 67.0. The van der Waals surface area contributed by atoms with Gasteiger partial charge in [-0.05, 0) is 248 Å². The smallest absolute Gasteiger partial charge is 0.344 e. The van der Waals surface area contributed by atoms with Crippen LogP contribution in [0.25, 0.3) is 0 Å². The molecule has 0 N–H and O–H groups in total. The van der Waals surface area contributed by atoms with E-state index < -0.39 is 84.2 Å². The highest BCUT2D eigenvalue weighted by Crippen LogP contribution is 2.57.